The molecule has 0 aliphatic carbocycles. The third kappa shape index (κ3) is 4.95. The summed E-state index contributed by atoms with van der Waals surface area (Å²) in [5, 5.41) is 0.730. The molecule has 1 aromatic heterocycles. The highest BCUT2D eigenvalue weighted by atomic mass is 16.5. The smallest absolute Gasteiger partial charge is 0.252 e. The minimum absolute atomic E-state index is 0.0425. The van der Waals surface area contributed by atoms with E-state index in [0.29, 0.717) is 30.1 Å². The number of benzene rings is 1. The monoisotopic (exact) mass is 401 g/mol. The molecule has 29 heavy (non-hydrogen) atoms. The van der Waals surface area contributed by atoms with Crippen molar-refractivity contribution in [2.24, 2.45) is 5.73 Å². The number of fused-ring (bicyclic) bond motifs is 1. The number of amides is 2. The van der Waals surface area contributed by atoms with Gasteiger partial charge in [-0.15, -0.1) is 0 Å². The van der Waals surface area contributed by atoms with Crippen LogP contribution in [0.4, 0.5) is 0 Å². The molecule has 8 nitrogen and oxygen atoms in total. The van der Waals surface area contributed by atoms with Crippen LogP contribution >= 0.6 is 0 Å². The van der Waals surface area contributed by atoms with Crippen molar-refractivity contribution in [1.29, 1.82) is 0 Å². The Bertz CT molecular complexity index is 899. The van der Waals surface area contributed by atoms with Crippen molar-refractivity contribution in [2.45, 2.75) is 38.9 Å². The lowest BCUT2D eigenvalue weighted by Crippen LogP contribution is -2.45. The molecule has 1 aliphatic rings. The second kappa shape index (κ2) is 9.09. The van der Waals surface area contributed by atoms with Gasteiger partial charge in [0.2, 0.25) is 5.91 Å². The number of carbonyl (C=O) groups is 2. The van der Waals surface area contributed by atoms with Crippen LogP contribution in [-0.2, 0) is 9.53 Å². The molecule has 3 rings (SSSR count). The van der Waals surface area contributed by atoms with Gasteiger partial charge in [0.25, 0.3) is 5.91 Å². The second-order valence-electron chi connectivity index (χ2n) is 7.36. The molecule has 1 saturated heterocycles. The maximum Gasteiger partial charge on any atom is 0.252 e. The van der Waals surface area contributed by atoms with E-state index in [-0.39, 0.29) is 30.3 Å². The molecule has 2 N–H and O–H groups in total. The summed E-state index contributed by atoms with van der Waals surface area (Å²) in [5.41, 5.74) is 6.39. The molecule has 1 fully saturated rings. The highest BCUT2D eigenvalue weighted by Gasteiger charge is 2.25. The molecular formula is C21H27N3O5. The Hall–Kier alpha value is -2.87. The van der Waals surface area contributed by atoms with E-state index in [1.165, 1.54) is 7.11 Å². The Balaban J connectivity index is 1.89. The number of nitrogens with two attached hydrogens (primary N) is 1. The number of piperidine rings is 1. The normalized spacial score (nSPS) is 16.8. The maximum atomic E-state index is 12.1. The average Bonchev–Trinajstić information content (AvgIpc) is 2.68. The standard InChI is InChI=1S/C21H27N3O5/c1-13(2)28-19-10-15-17(9-16(19)21(22)26)23-7-6-18(15)29-14-5-4-8-24(11-14)20(25)12-27-3/h6-7,9-10,13-14H,4-5,8,11-12H2,1-3H3,(H2,22,26)/t14-/m1/s1. The van der Waals surface area contributed by atoms with Gasteiger partial charge >= 0.3 is 0 Å². The number of pyridine rings is 1. The van der Waals surface area contributed by atoms with E-state index in [1.54, 1.807) is 29.3 Å². The van der Waals surface area contributed by atoms with Crippen LogP contribution in [0.15, 0.2) is 24.4 Å². The first-order chi connectivity index (χ1) is 13.9. The third-order valence-electron chi connectivity index (χ3n) is 4.72. The van der Waals surface area contributed by atoms with Gasteiger partial charge in [-0.3, -0.25) is 14.6 Å². The van der Waals surface area contributed by atoms with Crippen molar-refractivity contribution >= 4 is 22.7 Å². The van der Waals surface area contributed by atoms with Crippen LogP contribution in [0.25, 0.3) is 10.9 Å². The number of hydrogen-bond donors (Lipinski definition) is 1. The molecule has 1 atom stereocenters. The summed E-state index contributed by atoms with van der Waals surface area (Å²) in [7, 11) is 1.51. The molecule has 8 heteroatoms. The fourth-order valence-corrected chi connectivity index (χ4v) is 3.45. The summed E-state index contributed by atoms with van der Waals surface area (Å²) in [6.45, 7) is 5.03. The molecule has 0 unspecified atom stereocenters. The van der Waals surface area contributed by atoms with E-state index in [9.17, 15) is 9.59 Å². The van der Waals surface area contributed by atoms with E-state index in [4.69, 9.17) is 19.9 Å². The van der Waals surface area contributed by atoms with Crippen LogP contribution in [0, 0.1) is 0 Å². The first-order valence-corrected chi connectivity index (χ1v) is 9.71. The number of aromatic nitrogens is 1. The van der Waals surface area contributed by atoms with Gasteiger partial charge in [0.1, 0.15) is 24.2 Å². The van der Waals surface area contributed by atoms with Gasteiger partial charge in [0, 0.05) is 25.2 Å². The molecular weight excluding hydrogens is 374 g/mol. The first kappa shape index (κ1) is 20.9. The fourth-order valence-electron chi connectivity index (χ4n) is 3.45. The van der Waals surface area contributed by atoms with Crippen molar-refractivity contribution < 1.29 is 23.8 Å². The van der Waals surface area contributed by atoms with E-state index < -0.39 is 5.91 Å². The molecule has 0 spiro atoms. The molecule has 0 radical (unpaired) electrons. The molecule has 0 saturated carbocycles. The quantitative estimate of drug-likeness (QED) is 0.762. The number of methoxy groups -OCH3 is 1. The Labute approximate surface area is 169 Å². The van der Waals surface area contributed by atoms with Gasteiger partial charge in [-0.2, -0.15) is 0 Å². The van der Waals surface area contributed by atoms with Crippen LogP contribution in [0.1, 0.15) is 37.0 Å². The predicted molar refractivity (Wildman–Crippen MR) is 108 cm³/mol. The largest absolute Gasteiger partial charge is 0.490 e. The zero-order valence-electron chi connectivity index (χ0n) is 17.0. The zero-order valence-corrected chi connectivity index (χ0v) is 17.0. The van der Waals surface area contributed by atoms with Gasteiger partial charge in [-0.25, -0.2) is 0 Å². The van der Waals surface area contributed by atoms with Crippen molar-refractivity contribution in [3.63, 3.8) is 0 Å². The minimum atomic E-state index is -0.574. The molecule has 2 heterocycles. The lowest BCUT2D eigenvalue weighted by Gasteiger charge is -2.33. The van der Waals surface area contributed by atoms with Crippen LogP contribution in [0.2, 0.25) is 0 Å². The first-order valence-electron chi connectivity index (χ1n) is 9.71. The highest BCUT2D eigenvalue weighted by molar-refractivity contribution is 6.01. The zero-order chi connectivity index (χ0) is 21.0. The van der Waals surface area contributed by atoms with Gasteiger partial charge in [-0.05, 0) is 44.9 Å². The summed E-state index contributed by atoms with van der Waals surface area (Å²) >= 11 is 0. The topological polar surface area (TPSA) is 104 Å². The number of carbonyl (C=O) groups excluding carboxylic acids is 2. The van der Waals surface area contributed by atoms with Crippen molar-refractivity contribution in [2.75, 3.05) is 26.8 Å². The summed E-state index contributed by atoms with van der Waals surface area (Å²) < 4.78 is 17.0. The number of likely N-dealkylation sites (tertiary alicyclic amines) is 1. The summed E-state index contributed by atoms with van der Waals surface area (Å²) in [6, 6.07) is 5.15. The molecule has 1 aliphatic heterocycles. The molecule has 2 amide bonds. The average molecular weight is 401 g/mol. The maximum absolute atomic E-state index is 12.1. The van der Waals surface area contributed by atoms with Crippen LogP contribution in [0.3, 0.4) is 0 Å². The van der Waals surface area contributed by atoms with Gasteiger partial charge in [-0.1, -0.05) is 0 Å². The Morgan fingerprint density at radius 3 is 2.79 bits per heavy atom. The molecule has 2 aromatic rings. The number of rotatable bonds is 7. The lowest BCUT2D eigenvalue weighted by atomic mass is 10.1. The lowest BCUT2D eigenvalue weighted by molar-refractivity contribution is -0.137. The van der Waals surface area contributed by atoms with Crippen LogP contribution < -0.4 is 15.2 Å². The van der Waals surface area contributed by atoms with E-state index in [1.807, 2.05) is 13.8 Å². The predicted octanol–water partition coefficient (Wildman–Crippen LogP) is 2.14. The minimum Gasteiger partial charge on any atom is -0.490 e. The third-order valence-corrected chi connectivity index (χ3v) is 4.72. The van der Waals surface area contributed by atoms with Crippen LogP contribution in [0.5, 0.6) is 11.5 Å². The van der Waals surface area contributed by atoms with E-state index >= 15 is 0 Å². The summed E-state index contributed by atoms with van der Waals surface area (Å²) in [5.74, 6) is 0.415. The molecule has 156 valence electrons. The fraction of sp³-hybridized carbons (Fsp3) is 0.476. The van der Waals surface area contributed by atoms with Crippen LogP contribution in [-0.4, -0.2) is 60.7 Å². The Morgan fingerprint density at radius 1 is 1.31 bits per heavy atom. The van der Waals surface area contributed by atoms with Gasteiger partial charge in [0.15, 0.2) is 0 Å². The van der Waals surface area contributed by atoms with E-state index in [0.717, 1.165) is 18.2 Å². The molecule has 0 bridgehead atoms. The second-order valence-corrected chi connectivity index (χ2v) is 7.36. The summed E-state index contributed by atoms with van der Waals surface area (Å²) in [6.07, 6.45) is 3.07. The number of nitrogens with zero attached hydrogens (tertiary/aromatic N) is 2. The Morgan fingerprint density at radius 2 is 2.10 bits per heavy atom. The number of hydrogen-bond acceptors (Lipinski definition) is 6. The van der Waals surface area contributed by atoms with Gasteiger partial charge < -0.3 is 24.8 Å². The summed E-state index contributed by atoms with van der Waals surface area (Å²) in [4.78, 5) is 30.1. The van der Waals surface area contributed by atoms with Crippen molar-refractivity contribution in [3.05, 3.63) is 30.0 Å². The molecule has 1 aromatic carbocycles. The number of ether oxygens (including phenoxy) is 3. The van der Waals surface area contributed by atoms with E-state index in [2.05, 4.69) is 4.98 Å². The van der Waals surface area contributed by atoms with Gasteiger partial charge in [0.05, 0.1) is 23.7 Å². The SMILES string of the molecule is COCC(=O)N1CCC[C@@H](Oc2ccnc3cc(C(N)=O)c(OC(C)C)cc23)C1. The number of primary amides is 1. The van der Waals surface area contributed by atoms with Crippen molar-refractivity contribution in [3.8, 4) is 11.5 Å². The highest BCUT2D eigenvalue weighted by Crippen LogP contribution is 2.32. The van der Waals surface area contributed by atoms with Crippen molar-refractivity contribution in [1.82, 2.24) is 9.88 Å². The Kier molecular flexibility index (Phi) is 6.53.